The van der Waals surface area contributed by atoms with Gasteiger partial charge >= 0.3 is 5.97 Å². The third-order valence-corrected chi connectivity index (χ3v) is 1.91. The maximum Gasteiger partial charge on any atom is 0.328 e. The molecule has 4 nitrogen and oxygen atoms in total. The van der Waals surface area contributed by atoms with Crippen molar-refractivity contribution in [1.29, 1.82) is 0 Å². The highest BCUT2D eigenvalue weighted by Crippen LogP contribution is 2.18. The predicted octanol–water partition coefficient (Wildman–Crippen LogP) is 1.73. The van der Waals surface area contributed by atoms with Crippen molar-refractivity contribution in [3.8, 4) is 5.75 Å². The SMILES string of the molecule is CC(C)(C)OC(=O)C(N)c1ccc(O)cc1. The van der Waals surface area contributed by atoms with Crippen LogP contribution in [0.4, 0.5) is 0 Å². The lowest BCUT2D eigenvalue weighted by Gasteiger charge is -2.22. The van der Waals surface area contributed by atoms with Gasteiger partial charge in [-0.2, -0.15) is 0 Å². The fraction of sp³-hybridized carbons (Fsp3) is 0.417. The number of ether oxygens (including phenoxy) is 1. The molecule has 0 saturated carbocycles. The van der Waals surface area contributed by atoms with Crippen LogP contribution in [0, 0.1) is 0 Å². The Morgan fingerprint density at radius 1 is 1.31 bits per heavy atom. The summed E-state index contributed by atoms with van der Waals surface area (Å²) in [5.41, 5.74) is 5.81. The Morgan fingerprint density at radius 2 is 1.81 bits per heavy atom. The minimum absolute atomic E-state index is 0.139. The largest absolute Gasteiger partial charge is 0.508 e. The summed E-state index contributed by atoms with van der Waals surface area (Å²) in [7, 11) is 0. The van der Waals surface area contributed by atoms with Crippen molar-refractivity contribution in [1.82, 2.24) is 0 Å². The van der Waals surface area contributed by atoms with Gasteiger partial charge in [0.1, 0.15) is 17.4 Å². The molecule has 0 heterocycles. The summed E-state index contributed by atoms with van der Waals surface area (Å²) in [6.07, 6.45) is 0. The van der Waals surface area contributed by atoms with Crippen LogP contribution in [-0.2, 0) is 9.53 Å². The van der Waals surface area contributed by atoms with Crippen LogP contribution in [-0.4, -0.2) is 16.7 Å². The first-order chi connectivity index (χ1) is 7.29. The van der Waals surface area contributed by atoms with Crippen molar-refractivity contribution >= 4 is 5.97 Å². The van der Waals surface area contributed by atoms with Gasteiger partial charge < -0.3 is 15.6 Å². The lowest BCUT2D eigenvalue weighted by atomic mass is 10.1. The molecule has 0 aliphatic heterocycles. The van der Waals surface area contributed by atoms with Crippen LogP contribution in [0.2, 0.25) is 0 Å². The molecule has 3 N–H and O–H groups in total. The second-order valence-electron chi connectivity index (χ2n) is 4.60. The molecule has 0 aliphatic rings. The summed E-state index contributed by atoms with van der Waals surface area (Å²) >= 11 is 0. The summed E-state index contributed by atoms with van der Waals surface area (Å²) in [4.78, 5) is 11.6. The van der Waals surface area contributed by atoms with E-state index >= 15 is 0 Å². The molecule has 0 bridgehead atoms. The molecule has 1 atom stereocenters. The summed E-state index contributed by atoms with van der Waals surface area (Å²) < 4.78 is 5.16. The van der Waals surface area contributed by atoms with Crippen molar-refractivity contribution in [2.24, 2.45) is 5.73 Å². The van der Waals surface area contributed by atoms with Gasteiger partial charge in [-0.25, -0.2) is 4.79 Å². The zero-order valence-corrected chi connectivity index (χ0v) is 9.73. The van der Waals surface area contributed by atoms with Crippen LogP contribution >= 0.6 is 0 Å². The van der Waals surface area contributed by atoms with Crippen LogP contribution in [0.5, 0.6) is 5.75 Å². The van der Waals surface area contributed by atoms with Crippen LogP contribution in [0.1, 0.15) is 32.4 Å². The Morgan fingerprint density at radius 3 is 2.25 bits per heavy atom. The molecule has 1 aromatic rings. The van der Waals surface area contributed by atoms with Crippen molar-refractivity contribution in [3.63, 3.8) is 0 Å². The number of rotatable bonds is 2. The van der Waals surface area contributed by atoms with E-state index in [0.29, 0.717) is 5.56 Å². The molecule has 0 saturated heterocycles. The summed E-state index contributed by atoms with van der Waals surface area (Å²) in [5.74, 6) is -0.335. The number of esters is 1. The van der Waals surface area contributed by atoms with E-state index in [4.69, 9.17) is 15.6 Å². The number of benzene rings is 1. The number of carbonyl (C=O) groups excluding carboxylic acids is 1. The van der Waals surface area contributed by atoms with Crippen LogP contribution in [0.25, 0.3) is 0 Å². The summed E-state index contributed by atoms with van der Waals surface area (Å²) in [5, 5.41) is 9.11. The van der Waals surface area contributed by atoms with Gasteiger partial charge in [0, 0.05) is 0 Å². The maximum absolute atomic E-state index is 11.6. The van der Waals surface area contributed by atoms with Gasteiger partial charge in [-0.05, 0) is 38.5 Å². The highest BCUT2D eigenvalue weighted by atomic mass is 16.6. The van der Waals surface area contributed by atoms with Gasteiger partial charge in [-0.15, -0.1) is 0 Å². The van der Waals surface area contributed by atoms with Gasteiger partial charge in [0.15, 0.2) is 0 Å². The molecule has 88 valence electrons. The zero-order chi connectivity index (χ0) is 12.3. The number of phenolic OH excluding ortho intramolecular Hbond substituents is 1. The van der Waals surface area contributed by atoms with Crippen molar-refractivity contribution in [2.45, 2.75) is 32.4 Å². The predicted molar refractivity (Wildman–Crippen MR) is 60.9 cm³/mol. The summed E-state index contributed by atoms with van der Waals surface area (Å²) in [6, 6.07) is 5.35. The average molecular weight is 223 g/mol. The standard InChI is InChI=1S/C12H17NO3/c1-12(2,3)16-11(15)10(13)8-4-6-9(14)7-5-8/h4-7,10,14H,13H2,1-3H3. The molecule has 0 aromatic heterocycles. The van der Waals surface area contributed by atoms with Gasteiger partial charge in [-0.3, -0.25) is 0 Å². The van der Waals surface area contributed by atoms with E-state index in [-0.39, 0.29) is 5.75 Å². The van der Waals surface area contributed by atoms with Crippen molar-refractivity contribution in [3.05, 3.63) is 29.8 Å². The molecule has 16 heavy (non-hydrogen) atoms. The van der Waals surface area contributed by atoms with E-state index in [1.165, 1.54) is 12.1 Å². The lowest BCUT2D eigenvalue weighted by Crippen LogP contribution is -2.31. The van der Waals surface area contributed by atoms with Crippen LogP contribution in [0.15, 0.2) is 24.3 Å². The van der Waals surface area contributed by atoms with Crippen LogP contribution < -0.4 is 5.73 Å². The van der Waals surface area contributed by atoms with E-state index in [9.17, 15) is 4.79 Å². The normalized spacial score (nSPS) is 13.2. The average Bonchev–Trinajstić information content (AvgIpc) is 2.15. The lowest BCUT2D eigenvalue weighted by molar-refractivity contribution is -0.156. The molecule has 1 aromatic carbocycles. The first-order valence-electron chi connectivity index (χ1n) is 5.07. The topological polar surface area (TPSA) is 72.5 Å². The number of hydrogen-bond acceptors (Lipinski definition) is 4. The number of hydrogen-bond donors (Lipinski definition) is 2. The molecule has 0 radical (unpaired) electrons. The molecule has 4 heteroatoms. The first kappa shape index (κ1) is 12.5. The van der Waals surface area contributed by atoms with Gasteiger partial charge in [0.05, 0.1) is 0 Å². The van der Waals surface area contributed by atoms with Gasteiger partial charge in [-0.1, -0.05) is 12.1 Å². The van der Waals surface area contributed by atoms with E-state index in [2.05, 4.69) is 0 Å². The van der Waals surface area contributed by atoms with Crippen molar-refractivity contribution in [2.75, 3.05) is 0 Å². The summed E-state index contributed by atoms with van der Waals surface area (Å²) in [6.45, 7) is 5.36. The molecular formula is C12H17NO3. The fourth-order valence-corrected chi connectivity index (χ4v) is 1.18. The molecular weight excluding hydrogens is 206 g/mol. The smallest absolute Gasteiger partial charge is 0.328 e. The molecule has 1 rings (SSSR count). The highest BCUT2D eigenvalue weighted by molar-refractivity contribution is 5.77. The Labute approximate surface area is 95.0 Å². The second kappa shape index (κ2) is 4.53. The molecule has 0 spiro atoms. The highest BCUT2D eigenvalue weighted by Gasteiger charge is 2.23. The molecule has 0 amide bonds. The molecule has 0 fully saturated rings. The van der Waals surface area contributed by atoms with Crippen LogP contribution in [0.3, 0.4) is 0 Å². The number of carbonyl (C=O) groups is 1. The Kier molecular flexibility index (Phi) is 3.55. The monoisotopic (exact) mass is 223 g/mol. The quantitative estimate of drug-likeness (QED) is 0.749. The molecule has 1 unspecified atom stereocenters. The second-order valence-corrected chi connectivity index (χ2v) is 4.60. The Hall–Kier alpha value is -1.55. The van der Waals surface area contributed by atoms with Gasteiger partial charge in [0.2, 0.25) is 0 Å². The van der Waals surface area contributed by atoms with Gasteiger partial charge in [0.25, 0.3) is 0 Å². The minimum atomic E-state index is -0.820. The molecule has 0 aliphatic carbocycles. The third kappa shape index (κ3) is 3.55. The number of aromatic hydroxyl groups is 1. The third-order valence-electron chi connectivity index (χ3n) is 1.91. The van der Waals surface area contributed by atoms with E-state index in [1.54, 1.807) is 32.9 Å². The number of phenols is 1. The minimum Gasteiger partial charge on any atom is -0.508 e. The van der Waals surface area contributed by atoms with E-state index in [1.807, 2.05) is 0 Å². The fourth-order valence-electron chi connectivity index (χ4n) is 1.18. The Balaban J connectivity index is 2.74. The van der Waals surface area contributed by atoms with E-state index in [0.717, 1.165) is 0 Å². The van der Waals surface area contributed by atoms with Crippen molar-refractivity contribution < 1.29 is 14.6 Å². The first-order valence-corrected chi connectivity index (χ1v) is 5.07. The van der Waals surface area contributed by atoms with E-state index < -0.39 is 17.6 Å². The maximum atomic E-state index is 11.6. The number of nitrogens with two attached hydrogens (primary N) is 1. The Bertz CT molecular complexity index is 365. The zero-order valence-electron chi connectivity index (χ0n) is 9.73.